The summed E-state index contributed by atoms with van der Waals surface area (Å²) in [6.07, 6.45) is 0. The first-order valence-corrected chi connectivity index (χ1v) is 7.36. The molecule has 4 nitrogen and oxygen atoms in total. The molecule has 20 heavy (non-hydrogen) atoms. The van der Waals surface area contributed by atoms with Crippen LogP contribution in [0.4, 0.5) is 10.1 Å². The van der Waals surface area contributed by atoms with E-state index in [1.165, 1.54) is 36.4 Å². The fraction of sp³-hybridized carbons (Fsp3) is 0.143. The Morgan fingerprint density at radius 2 is 1.65 bits per heavy atom. The molecule has 0 saturated heterocycles. The second-order valence-corrected chi connectivity index (χ2v) is 5.87. The predicted molar refractivity (Wildman–Crippen MR) is 74.4 cm³/mol. The molecule has 0 fully saturated rings. The molecule has 2 aromatic carbocycles. The standard InChI is InChI=1S/C14H14FNO3S/c1-19-10-11-2-8-14(9-3-11)20(17,18)16-13-6-4-12(15)5-7-13/h2-9,16H,10H2,1H3. The van der Waals surface area contributed by atoms with Crippen molar-refractivity contribution in [3.05, 3.63) is 59.9 Å². The minimum Gasteiger partial charge on any atom is -0.380 e. The van der Waals surface area contributed by atoms with Crippen molar-refractivity contribution >= 4 is 15.7 Å². The molecule has 0 saturated carbocycles. The van der Waals surface area contributed by atoms with E-state index in [2.05, 4.69) is 4.72 Å². The molecular weight excluding hydrogens is 281 g/mol. The number of methoxy groups -OCH3 is 1. The number of sulfonamides is 1. The van der Waals surface area contributed by atoms with Gasteiger partial charge >= 0.3 is 0 Å². The normalized spacial score (nSPS) is 11.3. The topological polar surface area (TPSA) is 55.4 Å². The smallest absolute Gasteiger partial charge is 0.261 e. The lowest BCUT2D eigenvalue weighted by molar-refractivity contribution is 0.185. The summed E-state index contributed by atoms with van der Waals surface area (Å²) in [6, 6.07) is 11.5. The summed E-state index contributed by atoms with van der Waals surface area (Å²) >= 11 is 0. The van der Waals surface area contributed by atoms with Crippen LogP contribution in [0.5, 0.6) is 0 Å². The van der Waals surface area contributed by atoms with Crippen LogP contribution in [0.15, 0.2) is 53.4 Å². The fourth-order valence-electron chi connectivity index (χ4n) is 1.66. The number of nitrogens with one attached hydrogen (secondary N) is 1. The van der Waals surface area contributed by atoms with Crippen molar-refractivity contribution in [2.24, 2.45) is 0 Å². The zero-order valence-electron chi connectivity index (χ0n) is 10.8. The SMILES string of the molecule is COCc1ccc(S(=O)(=O)Nc2ccc(F)cc2)cc1. The van der Waals surface area contributed by atoms with Gasteiger partial charge in [0.2, 0.25) is 0 Å². The highest BCUT2D eigenvalue weighted by molar-refractivity contribution is 7.92. The summed E-state index contributed by atoms with van der Waals surface area (Å²) in [6.45, 7) is 0.422. The summed E-state index contributed by atoms with van der Waals surface area (Å²) in [4.78, 5) is 0.140. The van der Waals surface area contributed by atoms with Crippen LogP contribution >= 0.6 is 0 Å². The number of benzene rings is 2. The zero-order valence-corrected chi connectivity index (χ0v) is 11.7. The number of anilines is 1. The molecule has 6 heteroatoms. The van der Waals surface area contributed by atoms with Gasteiger partial charge in [-0.05, 0) is 42.0 Å². The summed E-state index contributed by atoms with van der Waals surface area (Å²) in [5.74, 6) is -0.420. The maximum Gasteiger partial charge on any atom is 0.261 e. The van der Waals surface area contributed by atoms with Crippen molar-refractivity contribution in [1.82, 2.24) is 0 Å². The van der Waals surface area contributed by atoms with Gasteiger partial charge in [-0.25, -0.2) is 12.8 Å². The molecule has 0 aliphatic heterocycles. The Kier molecular flexibility index (Phi) is 4.36. The number of rotatable bonds is 5. The third kappa shape index (κ3) is 3.55. The van der Waals surface area contributed by atoms with Gasteiger partial charge in [0, 0.05) is 12.8 Å². The number of ether oxygens (including phenoxy) is 1. The number of hydrogen-bond acceptors (Lipinski definition) is 3. The summed E-state index contributed by atoms with van der Waals surface area (Å²) < 4.78 is 44.4. The minimum atomic E-state index is -3.67. The van der Waals surface area contributed by atoms with Gasteiger partial charge in [-0.2, -0.15) is 0 Å². The van der Waals surface area contributed by atoms with Crippen LogP contribution in [0, 0.1) is 5.82 Å². The summed E-state index contributed by atoms with van der Waals surface area (Å²) in [5.41, 5.74) is 1.20. The Bertz CT molecular complexity index is 667. The van der Waals surface area contributed by atoms with Crippen LogP contribution in [0.3, 0.4) is 0 Å². The van der Waals surface area contributed by atoms with Gasteiger partial charge in [0.1, 0.15) is 5.82 Å². The fourth-order valence-corrected chi connectivity index (χ4v) is 2.72. The minimum absolute atomic E-state index is 0.140. The Morgan fingerprint density at radius 1 is 1.05 bits per heavy atom. The Morgan fingerprint density at radius 3 is 2.20 bits per heavy atom. The lowest BCUT2D eigenvalue weighted by atomic mass is 10.2. The van der Waals surface area contributed by atoms with Crippen molar-refractivity contribution < 1.29 is 17.5 Å². The van der Waals surface area contributed by atoms with Crippen LogP contribution in [-0.2, 0) is 21.4 Å². The van der Waals surface area contributed by atoms with Crippen LogP contribution in [0.2, 0.25) is 0 Å². The first kappa shape index (κ1) is 14.5. The third-order valence-corrected chi connectivity index (χ3v) is 4.04. The van der Waals surface area contributed by atoms with Gasteiger partial charge in [-0.1, -0.05) is 12.1 Å². The molecule has 0 unspecified atom stereocenters. The van der Waals surface area contributed by atoms with Gasteiger partial charge < -0.3 is 4.74 Å². The van der Waals surface area contributed by atoms with Gasteiger partial charge in [0.05, 0.1) is 11.5 Å². The number of hydrogen-bond donors (Lipinski definition) is 1. The second kappa shape index (κ2) is 6.02. The van der Waals surface area contributed by atoms with E-state index in [0.29, 0.717) is 12.3 Å². The molecule has 0 atom stereocenters. The largest absolute Gasteiger partial charge is 0.380 e. The van der Waals surface area contributed by atoms with E-state index in [-0.39, 0.29) is 4.90 Å². The summed E-state index contributed by atoms with van der Waals surface area (Å²) in [5, 5.41) is 0. The van der Waals surface area contributed by atoms with E-state index < -0.39 is 15.8 Å². The third-order valence-electron chi connectivity index (χ3n) is 2.64. The van der Waals surface area contributed by atoms with E-state index in [1.807, 2.05) is 0 Å². The van der Waals surface area contributed by atoms with Crippen molar-refractivity contribution in [3.63, 3.8) is 0 Å². The average molecular weight is 295 g/mol. The highest BCUT2D eigenvalue weighted by Crippen LogP contribution is 2.17. The van der Waals surface area contributed by atoms with E-state index in [4.69, 9.17) is 4.74 Å². The van der Waals surface area contributed by atoms with Crippen LogP contribution in [-0.4, -0.2) is 15.5 Å². The Balaban J connectivity index is 2.19. The number of halogens is 1. The average Bonchev–Trinajstić information content (AvgIpc) is 2.42. The lowest BCUT2D eigenvalue weighted by Gasteiger charge is -2.08. The summed E-state index contributed by atoms with van der Waals surface area (Å²) in [7, 11) is -2.10. The molecule has 2 aromatic rings. The van der Waals surface area contributed by atoms with Crippen LogP contribution < -0.4 is 4.72 Å². The van der Waals surface area contributed by atoms with Crippen molar-refractivity contribution in [2.45, 2.75) is 11.5 Å². The van der Waals surface area contributed by atoms with Gasteiger partial charge in [0.25, 0.3) is 10.0 Å². The Labute approximate surface area is 117 Å². The molecule has 0 aliphatic carbocycles. The molecule has 1 N–H and O–H groups in total. The van der Waals surface area contributed by atoms with E-state index in [1.54, 1.807) is 19.2 Å². The van der Waals surface area contributed by atoms with Crippen molar-refractivity contribution in [1.29, 1.82) is 0 Å². The molecule has 0 radical (unpaired) electrons. The van der Waals surface area contributed by atoms with Crippen LogP contribution in [0.1, 0.15) is 5.56 Å². The molecule has 0 spiro atoms. The highest BCUT2D eigenvalue weighted by Gasteiger charge is 2.13. The molecule has 0 aliphatic rings. The molecule has 0 amide bonds. The molecular formula is C14H14FNO3S. The maximum atomic E-state index is 12.8. The van der Waals surface area contributed by atoms with E-state index in [9.17, 15) is 12.8 Å². The molecule has 2 rings (SSSR count). The van der Waals surface area contributed by atoms with Crippen molar-refractivity contribution in [3.8, 4) is 0 Å². The molecule has 0 aromatic heterocycles. The molecule has 106 valence electrons. The quantitative estimate of drug-likeness (QED) is 0.923. The van der Waals surface area contributed by atoms with E-state index >= 15 is 0 Å². The lowest BCUT2D eigenvalue weighted by Crippen LogP contribution is -2.12. The van der Waals surface area contributed by atoms with Crippen molar-refractivity contribution in [2.75, 3.05) is 11.8 Å². The van der Waals surface area contributed by atoms with Gasteiger partial charge in [-0.3, -0.25) is 4.72 Å². The molecule has 0 heterocycles. The highest BCUT2D eigenvalue weighted by atomic mass is 32.2. The van der Waals surface area contributed by atoms with Gasteiger partial charge in [-0.15, -0.1) is 0 Å². The molecule has 0 bridgehead atoms. The Hall–Kier alpha value is -1.92. The van der Waals surface area contributed by atoms with Crippen LogP contribution in [0.25, 0.3) is 0 Å². The van der Waals surface area contributed by atoms with Gasteiger partial charge in [0.15, 0.2) is 0 Å². The predicted octanol–water partition coefficient (Wildman–Crippen LogP) is 2.77. The monoisotopic (exact) mass is 295 g/mol. The second-order valence-electron chi connectivity index (χ2n) is 4.19. The first-order chi connectivity index (χ1) is 9.51. The van der Waals surface area contributed by atoms with E-state index in [0.717, 1.165) is 5.56 Å². The maximum absolute atomic E-state index is 12.8. The first-order valence-electron chi connectivity index (χ1n) is 5.87. The zero-order chi connectivity index (χ0) is 14.6.